The lowest BCUT2D eigenvalue weighted by Crippen LogP contribution is -2.37. The number of aromatic hydroxyl groups is 1. The molecule has 0 atom stereocenters. The molecule has 4 heterocycles. The minimum absolute atomic E-state index is 0.228. The molecule has 0 fully saturated rings. The first-order chi connectivity index (χ1) is 19.0. The van der Waals surface area contributed by atoms with E-state index < -0.39 is 0 Å². The van der Waals surface area contributed by atoms with Crippen LogP contribution in [0.5, 0.6) is 5.88 Å². The lowest BCUT2D eigenvalue weighted by Gasteiger charge is -2.30. The van der Waals surface area contributed by atoms with Gasteiger partial charge in [-0.3, -0.25) is 0 Å². The molecule has 0 radical (unpaired) electrons. The molecule has 0 bridgehead atoms. The summed E-state index contributed by atoms with van der Waals surface area (Å²) in [5.74, 6) is 2.69. The highest BCUT2D eigenvalue weighted by Gasteiger charge is 2.27. The molecule has 4 rings (SSSR count). The van der Waals surface area contributed by atoms with Gasteiger partial charge in [-0.2, -0.15) is 15.1 Å². The van der Waals surface area contributed by atoms with Crippen LogP contribution in [0.1, 0.15) is 11.6 Å². The lowest BCUT2D eigenvalue weighted by atomic mass is 10.3. The van der Waals surface area contributed by atoms with Gasteiger partial charge in [0.05, 0.1) is 39.5 Å². The summed E-state index contributed by atoms with van der Waals surface area (Å²) in [5.41, 5.74) is 0.712. The molecule has 3 aromatic rings. The summed E-state index contributed by atoms with van der Waals surface area (Å²) >= 11 is 0. The smallest absolute Gasteiger partial charge is 0.243 e. The van der Waals surface area contributed by atoms with Crippen LogP contribution in [-0.2, 0) is 32.0 Å². The fourth-order valence-electron chi connectivity index (χ4n) is 4.34. The number of hydrogen-bond acceptors (Lipinski definition) is 14. The van der Waals surface area contributed by atoms with E-state index in [4.69, 9.17) is 33.9 Å². The minimum Gasteiger partial charge on any atom is -0.492 e. The van der Waals surface area contributed by atoms with Crippen LogP contribution in [0.4, 0.5) is 17.7 Å². The SMILES string of the molecule is COCCN(CCOC)c1nc(N2CCn3nc(C)nc3C2)c2nc(N(CCOC)CCOC)nc(O)c2n1. The summed E-state index contributed by atoms with van der Waals surface area (Å²) in [7, 11) is 6.56. The monoisotopic (exact) mass is 546 g/mol. The van der Waals surface area contributed by atoms with Crippen LogP contribution in [0.25, 0.3) is 11.0 Å². The molecule has 15 heteroatoms. The van der Waals surface area contributed by atoms with Crippen LogP contribution < -0.4 is 14.7 Å². The molecule has 15 nitrogen and oxygen atoms in total. The first kappa shape index (κ1) is 28.6. The first-order valence-electron chi connectivity index (χ1n) is 12.9. The zero-order chi connectivity index (χ0) is 27.8. The van der Waals surface area contributed by atoms with Gasteiger partial charge >= 0.3 is 0 Å². The Morgan fingerprint density at radius 1 is 0.718 bits per heavy atom. The predicted molar refractivity (Wildman–Crippen MR) is 145 cm³/mol. The molecule has 39 heavy (non-hydrogen) atoms. The average Bonchev–Trinajstić information content (AvgIpc) is 3.32. The van der Waals surface area contributed by atoms with Crippen molar-refractivity contribution in [1.82, 2.24) is 34.7 Å². The average molecular weight is 547 g/mol. The van der Waals surface area contributed by atoms with E-state index in [-0.39, 0.29) is 11.4 Å². The summed E-state index contributed by atoms with van der Waals surface area (Å²) in [4.78, 5) is 29.5. The molecule has 0 aromatic carbocycles. The van der Waals surface area contributed by atoms with Crippen molar-refractivity contribution in [3.05, 3.63) is 11.6 Å². The van der Waals surface area contributed by atoms with Crippen molar-refractivity contribution >= 4 is 28.7 Å². The Labute approximate surface area is 227 Å². The Hall–Kier alpha value is -3.40. The molecule has 214 valence electrons. The Morgan fingerprint density at radius 3 is 1.82 bits per heavy atom. The Balaban J connectivity index is 1.83. The van der Waals surface area contributed by atoms with Gasteiger partial charge in [-0.15, -0.1) is 0 Å². The van der Waals surface area contributed by atoms with Crippen LogP contribution in [0.15, 0.2) is 0 Å². The standard InChI is InChI=1S/C24H38N10O5/c1-17-25-18-16-33(6-7-34(18)30-17)21-19-20(27-23(28-21)31(8-12-36-2)9-13-37-3)22(35)29-24(26-19)32(10-14-38-4)11-15-39-5/h6-16H2,1-5H3,(H,26,29,35). The maximum atomic E-state index is 11.2. The third-order valence-electron chi connectivity index (χ3n) is 6.38. The number of hydrogen-bond donors (Lipinski definition) is 1. The van der Waals surface area contributed by atoms with Crippen LogP contribution in [0, 0.1) is 6.92 Å². The van der Waals surface area contributed by atoms with Gasteiger partial charge in [-0.25, -0.2) is 19.6 Å². The number of aromatic nitrogens is 7. The van der Waals surface area contributed by atoms with Gasteiger partial charge in [0.25, 0.3) is 0 Å². The second-order valence-corrected chi connectivity index (χ2v) is 9.06. The Morgan fingerprint density at radius 2 is 1.26 bits per heavy atom. The molecular weight excluding hydrogens is 508 g/mol. The summed E-state index contributed by atoms with van der Waals surface area (Å²) in [5, 5.41) is 15.6. The number of aryl methyl sites for hydroxylation is 1. The summed E-state index contributed by atoms with van der Waals surface area (Å²) < 4.78 is 23.1. The number of anilines is 3. The van der Waals surface area contributed by atoms with Crippen molar-refractivity contribution in [2.24, 2.45) is 0 Å². The molecule has 3 aromatic heterocycles. The number of rotatable bonds is 15. The van der Waals surface area contributed by atoms with Crippen molar-refractivity contribution in [2.75, 3.05) is 102 Å². The predicted octanol–water partition coefficient (Wildman–Crippen LogP) is 0.244. The van der Waals surface area contributed by atoms with Gasteiger partial charge in [0, 0.05) is 61.2 Å². The summed E-state index contributed by atoms with van der Waals surface area (Å²) in [6.07, 6.45) is 0. The molecule has 1 aliphatic heterocycles. The van der Waals surface area contributed by atoms with Crippen molar-refractivity contribution < 1.29 is 24.1 Å². The fraction of sp³-hybridized carbons (Fsp3) is 0.667. The quantitative estimate of drug-likeness (QED) is 0.277. The molecule has 0 amide bonds. The highest BCUT2D eigenvalue weighted by molar-refractivity contribution is 5.90. The Kier molecular flexibility index (Phi) is 9.97. The van der Waals surface area contributed by atoms with Gasteiger partial charge in [-0.1, -0.05) is 0 Å². The highest BCUT2D eigenvalue weighted by Crippen LogP contribution is 2.32. The van der Waals surface area contributed by atoms with Gasteiger partial charge in [0.15, 0.2) is 11.3 Å². The molecule has 0 saturated heterocycles. The van der Waals surface area contributed by atoms with E-state index in [0.717, 1.165) is 11.6 Å². The molecule has 0 saturated carbocycles. The van der Waals surface area contributed by atoms with Gasteiger partial charge in [0.1, 0.15) is 17.2 Å². The second-order valence-electron chi connectivity index (χ2n) is 9.06. The van der Waals surface area contributed by atoms with Crippen LogP contribution in [0.3, 0.4) is 0 Å². The third-order valence-corrected chi connectivity index (χ3v) is 6.38. The maximum Gasteiger partial charge on any atom is 0.243 e. The topological polar surface area (TPSA) is 149 Å². The van der Waals surface area contributed by atoms with E-state index >= 15 is 0 Å². The number of nitrogens with zero attached hydrogens (tertiary/aromatic N) is 10. The van der Waals surface area contributed by atoms with Gasteiger partial charge in [-0.05, 0) is 6.92 Å². The molecule has 0 unspecified atom stereocenters. The molecule has 1 N–H and O–H groups in total. The Bertz CT molecular complexity index is 1210. The largest absolute Gasteiger partial charge is 0.492 e. The van der Waals surface area contributed by atoms with E-state index in [2.05, 4.69) is 20.0 Å². The fourth-order valence-corrected chi connectivity index (χ4v) is 4.34. The minimum atomic E-state index is -0.228. The normalized spacial score (nSPS) is 13.2. The van der Waals surface area contributed by atoms with Crippen molar-refractivity contribution in [3.8, 4) is 5.88 Å². The second kappa shape index (κ2) is 13.6. The summed E-state index contributed by atoms with van der Waals surface area (Å²) in [6.45, 7) is 7.64. The molecule has 0 spiro atoms. The van der Waals surface area contributed by atoms with E-state index in [9.17, 15) is 5.11 Å². The van der Waals surface area contributed by atoms with E-state index in [0.29, 0.717) is 95.5 Å². The van der Waals surface area contributed by atoms with Crippen LogP contribution in [-0.4, -0.2) is 127 Å². The third kappa shape index (κ3) is 6.79. The van der Waals surface area contributed by atoms with Crippen molar-refractivity contribution in [2.45, 2.75) is 20.0 Å². The number of ether oxygens (including phenoxy) is 4. The molecular formula is C24H38N10O5. The van der Waals surface area contributed by atoms with Crippen LogP contribution in [0.2, 0.25) is 0 Å². The van der Waals surface area contributed by atoms with E-state index in [1.54, 1.807) is 28.4 Å². The zero-order valence-electron chi connectivity index (χ0n) is 23.3. The van der Waals surface area contributed by atoms with Crippen molar-refractivity contribution in [3.63, 3.8) is 0 Å². The number of fused-ring (bicyclic) bond motifs is 2. The lowest BCUT2D eigenvalue weighted by molar-refractivity contribution is 0.189. The van der Waals surface area contributed by atoms with Crippen molar-refractivity contribution in [1.29, 1.82) is 0 Å². The highest BCUT2D eigenvalue weighted by atomic mass is 16.5. The zero-order valence-corrected chi connectivity index (χ0v) is 23.3. The van der Waals surface area contributed by atoms with Gasteiger partial charge < -0.3 is 38.8 Å². The number of methoxy groups -OCH3 is 4. The molecule has 0 aliphatic carbocycles. The van der Waals surface area contributed by atoms with Gasteiger partial charge in [0.2, 0.25) is 17.8 Å². The van der Waals surface area contributed by atoms with E-state index in [1.165, 1.54) is 0 Å². The van der Waals surface area contributed by atoms with E-state index in [1.807, 2.05) is 21.4 Å². The molecule has 1 aliphatic rings. The first-order valence-corrected chi connectivity index (χ1v) is 12.9. The summed E-state index contributed by atoms with van der Waals surface area (Å²) in [6, 6.07) is 0. The van der Waals surface area contributed by atoms with Crippen LogP contribution >= 0.6 is 0 Å². The maximum absolute atomic E-state index is 11.2.